The zero-order chi connectivity index (χ0) is 17.8. The molecule has 0 bridgehead atoms. The van der Waals surface area contributed by atoms with Gasteiger partial charge in [-0.25, -0.2) is 4.98 Å². The van der Waals surface area contributed by atoms with Crippen LogP contribution in [0, 0.1) is 0 Å². The third kappa shape index (κ3) is 4.05. The van der Waals surface area contributed by atoms with Crippen LogP contribution in [0.4, 0.5) is 5.82 Å². The highest BCUT2D eigenvalue weighted by molar-refractivity contribution is 7.98. The molecule has 134 valence electrons. The van der Waals surface area contributed by atoms with E-state index in [1.807, 2.05) is 37.9 Å². The molecule has 0 amide bonds. The smallest absolute Gasteiger partial charge is 0.148 e. The Balaban J connectivity index is 1.43. The number of aromatic nitrogens is 4. The first kappa shape index (κ1) is 17.1. The van der Waals surface area contributed by atoms with Crippen molar-refractivity contribution in [3.63, 3.8) is 0 Å². The summed E-state index contributed by atoms with van der Waals surface area (Å²) in [4.78, 5) is 11.4. The van der Waals surface area contributed by atoms with Crippen LogP contribution in [-0.4, -0.2) is 39.4 Å². The van der Waals surface area contributed by atoms with Crippen molar-refractivity contribution >= 4 is 17.6 Å². The zero-order valence-electron chi connectivity index (χ0n) is 14.7. The Morgan fingerprint density at radius 1 is 1.19 bits per heavy atom. The van der Waals surface area contributed by atoms with Crippen molar-refractivity contribution < 1.29 is 4.74 Å². The van der Waals surface area contributed by atoms with Gasteiger partial charge in [0.05, 0.1) is 31.7 Å². The van der Waals surface area contributed by atoms with Gasteiger partial charge in [-0.2, -0.15) is 5.10 Å². The monoisotopic (exact) mass is 367 g/mol. The van der Waals surface area contributed by atoms with Gasteiger partial charge >= 0.3 is 0 Å². The molecule has 0 spiro atoms. The zero-order valence-corrected chi connectivity index (χ0v) is 15.5. The number of aryl methyl sites for hydroxylation is 1. The molecule has 1 fully saturated rings. The van der Waals surface area contributed by atoms with Crippen molar-refractivity contribution in [1.82, 2.24) is 19.7 Å². The van der Waals surface area contributed by atoms with Crippen molar-refractivity contribution in [1.29, 1.82) is 0 Å². The minimum absolute atomic E-state index is 0.0138. The van der Waals surface area contributed by atoms with E-state index in [4.69, 9.17) is 9.72 Å². The first-order valence-electron chi connectivity index (χ1n) is 8.62. The molecule has 3 aromatic rings. The van der Waals surface area contributed by atoms with Crippen molar-refractivity contribution in [2.75, 3.05) is 24.6 Å². The topological polar surface area (TPSA) is 56.1 Å². The van der Waals surface area contributed by atoms with E-state index in [1.54, 1.807) is 16.4 Å². The number of anilines is 1. The number of rotatable bonds is 5. The number of nitrogens with zero attached hydrogens (tertiary/aromatic N) is 5. The molecule has 26 heavy (non-hydrogen) atoms. The van der Waals surface area contributed by atoms with Gasteiger partial charge in [-0.05, 0) is 5.56 Å². The molecule has 1 unspecified atom stereocenters. The number of hydrogen-bond donors (Lipinski definition) is 0. The third-order valence-electron chi connectivity index (χ3n) is 4.32. The van der Waals surface area contributed by atoms with E-state index >= 15 is 0 Å². The third-order valence-corrected chi connectivity index (χ3v) is 5.29. The molecule has 0 radical (unpaired) electrons. The van der Waals surface area contributed by atoms with Crippen LogP contribution >= 0.6 is 11.8 Å². The Bertz CT molecular complexity index is 854. The van der Waals surface area contributed by atoms with Gasteiger partial charge in [0.1, 0.15) is 16.9 Å². The molecule has 0 saturated carbocycles. The molecular weight excluding hydrogens is 346 g/mol. The predicted molar refractivity (Wildman–Crippen MR) is 102 cm³/mol. The molecule has 6 nitrogen and oxygen atoms in total. The Kier molecular flexibility index (Phi) is 5.17. The van der Waals surface area contributed by atoms with Crippen LogP contribution in [0.5, 0.6) is 0 Å². The lowest BCUT2D eigenvalue weighted by Crippen LogP contribution is -2.38. The van der Waals surface area contributed by atoms with Gasteiger partial charge < -0.3 is 9.64 Å². The highest BCUT2D eigenvalue weighted by Gasteiger charge is 2.24. The molecular formula is C19H21N5OS. The Hall–Kier alpha value is -2.38. The molecule has 7 heteroatoms. The fraction of sp³-hybridized carbons (Fsp3) is 0.316. The average molecular weight is 367 g/mol. The molecule has 2 aromatic heterocycles. The minimum Gasteiger partial charge on any atom is -0.370 e. The Labute approximate surface area is 157 Å². The summed E-state index contributed by atoms with van der Waals surface area (Å²) >= 11 is 1.71. The maximum atomic E-state index is 5.92. The van der Waals surface area contributed by atoms with E-state index in [-0.39, 0.29) is 6.10 Å². The highest BCUT2D eigenvalue weighted by Crippen LogP contribution is 2.26. The summed E-state index contributed by atoms with van der Waals surface area (Å²) in [6, 6.07) is 10.4. The predicted octanol–water partition coefficient (Wildman–Crippen LogP) is 3.08. The van der Waals surface area contributed by atoms with Crippen LogP contribution in [0.2, 0.25) is 0 Å². The summed E-state index contributed by atoms with van der Waals surface area (Å²) in [6.07, 6.45) is 7.55. The maximum Gasteiger partial charge on any atom is 0.148 e. The number of benzene rings is 1. The van der Waals surface area contributed by atoms with Crippen LogP contribution in [-0.2, 0) is 17.5 Å². The SMILES string of the molecule is Cn1cc(C2CN(c3cncc(SCc4ccccc4)n3)CCO2)cn1. The Morgan fingerprint density at radius 3 is 2.88 bits per heavy atom. The first-order chi connectivity index (χ1) is 12.8. The summed E-state index contributed by atoms with van der Waals surface area (Å²) in [6.45, 7) is 2.24. The van der Waals surface area contributed by atoms with Crippen LogP contribution in [0.25, 0.3) is 0 Å². The van der Waals surface area contributed by atoms with E-state index in [0.29, 0.717) is 6.61 Å². The second-order valence-electron chi connectivity index (χ2n) is 6.24. The van der Waals surface area contributed by atoms with Crippen molar-refractivity contribution in [2.45, 2.75) is 16.9 Å². The van der Waals surface area contributed by atoms with Crippen molar-refractivity contribution in [2.24, 2.45) is 7.05 Å². The van der Waals surface area contributed by atoms with Crippen LogP contribution in [0.15, 0.2) is 60.1 Å². The number of morpholine rings is 1. The molecule has 1 saturated heterocycles. The summed E-state index contributed by atoms with van der Waals surface area (Å²) in [7, 11) is 1.92. The molecule has 0 N–H and O–H groups in total. The van der Waals surface area contributed by atoms with Crippen LogP contribution in [0.1, 0.15) is 17.2 Å². The van der Waals surface area contributed by atoms with Crippen LogP contribution in [0.3, 0.4) is 0 Å². The number of thioether (sulfide) groups is 1. The Morgan fingerprint density at radius 2 is 2.08 bits per heavy atom. The highest BCUT2D eigenvalue weighted by atomic mass is 32.2. The fourth-order valence-electron chi connectivity index (χ4n) is 2.96. The van der Waals surface area contributed by atoms with Gasteiger partial charge in [0, 0.05) is 31.1 Å². The summed E-state index contributed by atoms with van der Waals surface area (Å²) < 4.78 is 7.72. The van der Waals surface area contributed by atoms with E-state index in [0.717, 1.165) is 35.2 Å². The van der Waals surface area contributed by atoms with E-state index in [2.05, 4.69) is 39.2 Å². The fourth-order valence-corrected chi connectivity index (χ4v) is 3.76. The van der Waals surface area contributed by atoms with E-state index in [9.17, 15) is 0 Å². The maximum absolute atomic E-state index is 5.92. The average Bonchev–Trinajstić information content (AvgIpc) is 3.14. The second kappa shape index (κ2) is 7.88. The number of hydrogen-bond acceptors (Lipinski definition) is 6. The molecule has 1 aliphatic heterocycles. The largest absolute Gasteiger partial charge is 0.370 e. The minimum atomic E-state index is 0.0138. The molecule has 3 heterocycles. The molecule has 1 atom stereocenters. The van der Waals surface area contributed by atoms with Crippen molar-refractivity contribution in [3.05, 3.63) is 66.2 Å². The summed E-state index contributed by atoms with van der Waals surface area (Å²) in [5.74, 6) is 1.79. The second-order valence-corrected chi connectivity index (χ2v) is 7.24. The lowest BCUT2D eigenvalue weighted by molar-refractivity contribution is 0.0394. The van der Waals surface area contributed by atoms with Gasteiger partial charge in [-0.3, -0.25) is 9.67 Å². The molecule has 4 rings (SSSR count). The van der Waals surface area contributed by atoms with Crippen LogP contribution < -0.4 is 4.90 Å². The van der Waals surface area contributed by atoms with Gasteiger partial charge in [0.25, 0.3) is 0 Å². The number of ether oxygens (including phenoxy) is 1. The lowest BCUT2D eigenvalue weighted by atomic mass is 10.1. The molecule has 1 aromatic carbocycles. The normalized spacial score (nSPS) is 17.4. The molecule has 0 aliphatic carbocycles. The first-order valence-corrected chi connectivity index (χ1v) is 9.60. The quantitative estimate of drug-likeness (QED) is 0.646. The van der Waals surface area contributed by atoms with Gasteiger partial charge in [0.2, 0.25) is 0 Å². The van der Waals surface area contributed by atoms with Gasteiger partial charge in [-0.15, -0.1) is 11.8 Å². The molecule has 1 aliphatic rings. The summed E-state index contributed by atoms with van der Waals surface area (Å²) in [5, 5.41) is 5.18. The summed E-state index contributed by atoms with van der Waals surface area (Å²) in [5.41, 5.74) is 2.38. The van der Waals surface area contributed by atoms with E-state index in [1.165, 1.54) is 5.56 Å². The van der Waals surface area contributed by atoms with Gasteiger partial charge in [0.15, 0.2) is 0 Å². The van der Waals surface area contributed by atoms with Gasteiger partial charge in [-0.1, -0.05) is 30.3 Å². The van der Waals surface area contributed by atoms with Crippen molar-refractivity contribution in [3.8, 4) is 0 Å². The lowest BCUT2D eigenvalue weighted by Gasteiger charge is -2.33. The van der Waals surface area contributed by atoms with E-state index < -0.39 is 0 Å². The standard InChI is InChI=1S/C19H21N5OS/c1-23-12-16(9-21-23)17-13-24(7-8-25-17)18-10-20-11-19(22-18)26-14-15-5-3-2-4-6-15/h2-6,9-12,17H,7-8,13-14H2,1H3.